The van der Waals surface area contributed by atoms with Crippen LogP contribution < -0.4 is 5.56 Å². The first-order chi connectivity index (χ1) is 9.22. The molecular weight excluding hydrogens is 242 g/mol. The molecule has 0 aliphatic heterocycles. The van der Waals surface area contributed by atoms with E-state index in [9.17, 15) is 9.59 Å². The van der Waals surface area contributed by atoms with Gasteiger partial charge in [0.2, 0.25) is 0 Å². The fourth-order valence-electron chi connectivity index (χ4n) is 2.37. The number of H-pyrrole nitrogens is 1. The molecule has 1 aromatic heterocycles. The molecule has 1 aliphatic carbocycles. The zero-order valence-electron chi connectivity index (χ0n) is 10.7. The van der Waals surface area contributed by atoms with Crippen LogP contribution in [-0.4, -0.2) is 33.6 Å². The molecule has 98 valence electrons. The Morgan fingerprint density at radius 2 is 2.05 bits per heavy atom. The van der Waals surface area contributed by atoms with Crippen LogP contribution in [0.1, 0.15) is 30.3 Å². The molecule has 2 aromatic rings. The van der Waals surface area contributed by atoms with Gasteiger partial charge in [-0.05, 0) is 25.8 Å². The highest BCUT2D eigenvalue weighted by Crippen LogP contribution is 2.28. The number of aromatic nitrogens is 2. The molecule has 1 aliphatic rings. The van der Waals surface area contributed by atoms with Gasteiger partial charge in [0.05, 0.1) is 5.39 Å². The molecule has 0 spiro atoms. The van der Waals surface area contributed by atoms with Crippen molar-refractivity contribution in [1.82, 2.24) is 15.1 Å². The van der Waals surface area contributed by atoms with Gasteiger partial charge < -0.3 is 4.90 Å². The van der Waals surface area contributed by atoms with Crippen LogP contribution in [-0.2, 0) is 0 Å². The number of rotatable bonds is 3. The summed E-state index contributed by atoms with van der Waals surface area (Å²) < 4.78 is 0. The number of carbonyl (C=O) groups excluding carboxylic acids is 1. The highest BCUT2D eigenvalue weighted by Gasteiger charge is 2.33. The monoisotopic (exact) mass is 257 g/mol. The SMILES string of the molecule is CCN(C(=O)c1n[nH]c(=O)c2ccccc12)C1CC1. The highest BCUT2D eigenvalue weighted by atomic mass is 16.2. The molecule has 19 heavy (non-hydrogen) atoms. The summed E-state index contributed by atoms with van der Waals surface area (Å²) in [6, 6.07) is 7.41. The Balaban J connectivity index is 2.12. The summed E-state index contributed by atoms with van der Waals surface area (Å²) in [5.41, 5.74) is 0.0746. The Hall–Kier alpha value is -2.17. The minimum Gasteiger partial charge on any atom is -0.335 e. The van der Waals surface area contributed by atoms with Gasteiger partial charge in [0.15, 0.2) is 5.69 Å². The summed E-state index contributed by atoms with van der Waals surface area (Å²) in [5, 5.41) is 7.49. The number of fused-ring (bicyclic) bond motifs is 1. The first kappa shape index (κ1) is 11.9. The van der Waals surface area contributed by atoms with Gasteiger partial charge in [-0.3, -0.25) is 9.59 Å². The molecule has 3 rings (SSSR count). The van der Waals surface area contributed by atoms with Crippen molar-refractivity contribution in [3.05, 3.63) is 40.3 Å². The topological polar surface area (TPSA) is 66.1 Å². The largest absolute Gasteiger partial charge is 0.335 e. The standard InChI is InChI=1S/C14H15N3O2/c1-2-17(9-7-8-9)14(19)12-10-5-3-4-6-11(10)13(18)16-15-12/h3-6,9H,2,7-8H2,1H3,(H,16,18). The van der Waals surface area contributed by atoms with Crippen molar-refractivity contribution in [2.75, 3.05) is 6.54 Å². The molecule has 0 saturated heterocycles. The Labute approximate surface area is 110 Å². The molecule has 5 heteroatoms. The van der Waals surface area contributed by atoms with Crippen molar-refractivity contribution in [2.45, 2.75) is 25.8 Å². The van der Waals surface area contributed by atoms with Gasteiger partial charge in [0.1, 0.15) is 0 Å². The van der Waals surface area contributed by atoms with E-state index in [0.29, 0.717) is 29.1 Å². The van der Waals surface area contributed by atoms with Crippen LogP contribution in [0.25, 0.3) is 10.8 Å². The first-order valence-corrected chi connectivity index (χ1v) is 6.50. The number of hydrogen-bond donors (Lipinski definition) is 1. The van der Waals surface area contributed by atoms with Crippen LogP contribution in [0, 0.1) is 0 Å². The predicted octanol–water partition coefficient (Wildman–Crippen LogP) is 1.55. The third-order valence-corrected chi connectivity index (χ3v) is 3.49. The van der Waals surface area contributed by atoms with Crippen LogP contribution in [0.4, 0.5) is 0 Å². The quantitative estimate of drug-likeness (QED) is 0.907. The average Bonchev–Trinajstić information content (AvgIpc) is 3.25. The van der Waals surface area contributed by atoms with Gasteiger partial charge in [0, 0.05) is 18.0 Å². The van der Waals surface area contributed by atoms with Crippen molar-refractivity contribution in [1.29, 1.82) is 0 Å². The van der Waals surface area contributed by atoms with Crippen molar-refractivity contribution in [3.8, 4) is 0 Å². The number of hydrogen-bond acceptors (Lipinski definition) is 3. The minimum absolute atomic E-state index is 0.0996. The molecule has 0 bridgehead atoms. The smallest absolute Gasteiger partial charge is 0.275 e. The number of aromatic amines is 1. The fourth-order valence-corrected chi connectivity index (χ4v) is 2.37. The lowest BCUT2D eigenvalue weighted by molar-refractivity contribution is 0.0747. The fraction of sp³-hybridized carbons (Fsp3) is 0.357. The van der Waals surface area contributed by atoms with Gasteiger partial charge in [-0.15, -0.1) is 0 Å². The van der Waals surface area contributed by atoms with E-state index in [1.54, 1.807) is 18.2 Å². The molecule has 5 nitrogen and oxygen atoms in total. The first-order valence-electron chi connectivity index (χ1n) is 6.50. The van der Waals surface area contributed by atoms with Crippen LogP contribution in [0.15, 0.2) is 29.1 Å². The van der Waals surface area contributed by atoms with Crippen LogP contribution >= 0.6 is 0 Å². The van der Waals surface area contributed by atoms with Gasteiger partial charge in [-0.25, -0.2) is 5.10 Å². The average molecular weight is 257 g/mol. The maximum Gasteiger partial charge on any atom is 0.275 e. The summed E-state index contributed by atoms with van der Waals surface area (Å²) in [4.78, 5) is 26.0. The van der Waals surface area contributed by atoms with Gasteiger partial charge in [-0.1, -0.05) is 18.2 Å². The lowest BCUT2D eigenvalue weighted by Gasteiger charge is -2.20. The van der Waals surface area contributed by atoms with E-state index in [0.717, 1.165) is 12.8 Å². The molecule has 0 unspecified atom stereocenters. The molecular formula is C14H15N3O2. The normalized spacial score (nSPS) is 14.6. The van der Waals surface area contributed by atoms with Crippen molar-refractivity contribution >= 4 is 16.7 Å². The molecule has 1 aromatic carbocycles. The van der Waals surface area contributed by atoms with E-state index in [2.05, 4.69) is 10.2 Å². The van der Waals surface area contributed by atoms with E-state index < -0.39 is 0 Å². The van der Waals surface area contributed by atoms with Gasteiger partial charge in [-0.2, -0.15) is 5.10 Å². The molecule has 1 N–H and O–H groups in total. The number of benzene rings is 1. The number of amides is 1. The van der Waals surface area contributed by atoms with E-state index in [1.807, 2.05) is 17.9 Å². The lowest BCUT2D eigenvalue weighted by atomic mass is 10.1. The van der Waals surface area contributed by atoms with E-state index in [4.69, 9.17) is 0 Å². The third-order valence-electron chi connectivity index (χ3n) is 3.49. The Morgan fingerprint density at radius 1 is 1.37 bits per heavy atom. The molecule has 1 saturated carbocycles. The van der Waals surface area contributed by atoms with Crippen LogP contribution in [0.3, 0.4) is 0 Å². The number of carbonyl (C=O) groups is 1. The molecule has 1 amide bonds. The van der Waals surface area contributed by atoms with Crippen molar-refractivity contribution in [3.63, 3.8) is 0 Å². The summed E-state index contributed by atoms with van der Waals surface area (Å²) in [6.45, 7) is 2.63. The van der Waals surface area contributed by atoms with Crippen LogP contribution in [0.2, 0.25) is 0 Å². The highest BCUT2D eigenvalue weighted by molar-refractivity contribution is 6.04. The Bertz CT molecular complexity index is 688. The maximum absolute atomic E-state index is 12.5. The van der Waals surface area contributed by atoms with E-state index in [1.165, 1.54) is 0 Å². The molecule has 0 radical (unpaired) electrons. The number of nitrogens with zero attached hydrogens (tertiary/aromatic N) is 2. The maximum atomic E-state index is 12.5. The molecule has 1 fully saturated rings. The van der Waals surface area contributed by atoms with E-state index >= 15 is 0 Å². The lowest BCUT2D eigenvalue weighted by Crippen LogP contribution is -2.34. The summed E-state index contributed by atoms with van der Waals surface area (Å²) >= 11 is 0. The Kier molecular flexibility index (Phi) is 2.81. The van der Waals surface area contributed by atoms with Crippen molar-refractivity contribution < 1.29 is 4.79 Å². The second-order valence-corrected chi connectivity index (χ2v) is 4.77. The minimum atomic E-state index is -0.262. The van der Waals surface area contributed by atoms with Crippen LogP contribution in [0.5, 0.6) is 0 Å². The molecule has 1 heterocycles. The summed E-state index contributed by atoms with van der Waals surface area (Å²) in [7, 11) is 0. The van der Waals surface area contributed by atoms with Gasteiger partial charge >= 0.3 is 0 Å². The second-order valence-electron chi connectivity index (χ2n) is 4.77. The second kappa shape index (κ2) is 4.50. The molecule has 0 atom stereocenters. The number of nitrogens with one attached hydrogen (secondary N) is 1. The van der Waals surface area contributed by atoms with Gasteiger partial charge in [0.25, 0.3) is 11.5 Å². The third kappa shape index (κ3) is 2.01. The Morgan fingerprint density at radius 3 is 2.68 bits per heavy atom. The summed E-state index contributed by atoms with van der Waals surface area (Å²) in [6.07, 6.45) is 2.11. The predicted molar refractivity (Wildman–Crippen MR) is 72.1 cm³/mol. The zero-order chi connectivity index (χ0) is 13.4. The van der Waals surface area contributed by atoms with E-state index in [-0.39, 0.29) is 11.5 Å². The summed E-state index contributed by atoms with van der Waals surface area (Å²) in [5.74, 6) is -0.0996. The zero-order valence-corrected chi connectivity index (χ0v) is 10.7. The van der Waals surface area contributed by atoms with Crippen molar-refractivity contribution in [2.24, 2.45) is 0 Å².